The summed E-state index contributed by atoms with van der Waals surface area (Å²) in [6.07, 6.45) is 0.159. The fraction of sp³-hybridized carbons (Fsp3) is 0.286. The van der Waals surface area contributed by atoms with E-state index in [2.05, 4.69) is 4.99 Å². The zero-order valence-corrected chi connectivity index (χ0v) is 17.8. The number of benzene rings is 2. The van der Waals surface area contributed by atoms with Gasteiger partial charge in [-0.05, 0) is 25.1 Å². The van der Waals surface area contributed by atoms with Crippen LogP contribution in [-0.4, -0.2) is 36.3 Å². The highest BCUT2D eigenvalue weighted by atomic mass is 35.5. The minimum absolute atomic E-state index is 0.159. The third-order valence-corrected chi connectivity index (χ3v) is 5.74. The predicted molar refractivity (Wildman–Crippen MR) is 113 cm³/mol. The van der Waals surface area contributed by atoms with E-state index < -0.39 is 5.91 Å². The molecule has 0 spiro atoms. The number of carbonyl (C=O) groups excluding carboxylic acids is 2. The second kappa shape index (κ2) is 8.89. The summed E-state index contributed by atoms with van der Waals surface area (Å²) in [5, 5.41) is 0.463. The molecule has 2 aromatic carbocycles. The van der Waals surface area contributed by atoms with Crippen LogP contribution in [0.5, 0.6) is 11.5 Å². The van der Waals surface area contributed by atoms with Crippen molar-refractivity contribution in [3.63, 3.8) is 0 Å². The third kappa shape index (κ3) is 4.34. The summed E-state index contributed by atoms with van der Waals surface area (Å²) in [4.78, 5) is 29.4. The van der Waals surface area contributed by atoms with Crippen LogP contribution < -0.4 is 14.3 Å². The molecule has 156 valence electrons. The number of aromatic nitrogens is 1. The molecule has 7 nitrogen and oxygen atoms in total. The van der Waals surface area contributed by atoms with Crippen molar-refractivity contribution in [3.05, 3.63) is 51.8 Å². The van der Waals surface area contributed by atoms with Gasteiger partial charge in [0.25, 0.3) is 5.91 Å². The molecule has 30 heavy (non-hydrogen) atoms. The maximum atomic E-state index is 12.7. The van der Waals surface area contributed by atoms with Gasteiger partial charge in [-0.1, -0.05) is 29.0 Å². The summed E-state index contributed by atoms with van der Waals surface area (Å²) in [6.45, 7) is 3.35. The molecule has 0 saturated heterocycles. The van der Waals surface area contributed by atoms with Crippen LogP contribution in [0, 0.1) is 0 Å². The van der Waals surface area contributed by atoms with Gasteiger partial charge in [0.15, 0.2) is 16.3 Å². The van der Waals surface area contributed by atoms with Gasteiger partial charge in [0.1, 0.15) is 13.2 Å². The van der Waals surface area contributed by atoms with Gasteiger partial charge in [0.05, 0.1) is 23.2 Å². The molecule has 0 radical (unpaired) electrons. The Morgan fingerprint density at radius 3 is 2.70 bits per heavy atom. The number of rotatable bonds is 5. The first-order valence-electron chi connectivity index (χ1n) is 9.48. The first-order valence-corrected chi connectivity index (χ1v) is 10.7. The van der Waals surface area contributed by atoms with E-state index in [1.165, 1.54) is 11.3 Å². The van der Waals surface area contributed by atoms with E-state index in [-0.39, 0.29) is 12.4 Å². The van der Waals surface area contributed by atoms with Crippen LogP contribution in [0.15, 0.2) is 41.4 Å². The number of hydrogen-bond acceptors (Lipinski definition) is 6. The minimum atomic E-state index is -0.411. The number of thiazole rings is 1. The molecule has 0 bridgehead atoms. The van der Waals surface area contributed by atoms with E-state index >= 15 is 0 Å². The fourth-order valence-electron chi connectivity index (χ4n) is 3.12. The van der Waals surface area contributed by atoms with Gasteiger partial charge in [0, 0.05) is 29.3 Å². The van der Waals surface area contributed by atoms with Crippen molar-refractivity contribution >= 4 is 45.0 Å². The molecule has 0 fully saturated rings. The molecule has 9 heteroatoms. The largest absolute Gasteiger partial charge is 0.486 e. The molecule has 0 saturated carbocycles. The number of halogens is 1. The number of esters is 1. The van der Waals surface area contributed by atoms with E-state index in [0.29, 0.717) is 53.3 Å². The Kier molecular flexibility index (Phi) is 6.06. The second-order valence-electron chi connectivity index (χ2n) is 6.48. The smallest absolute Gasteiger partial charge is 0.307 e. The number of carbonyl (C=O) groups is 2. The highest BCUT2D eigenvalue weighted by molar-refractivity contribution is 7.16. The van der Waals surface area contributed by atoms with Crippen molar-refractivity contribution in [1.29, 1.82) is 0 Å². The molecule has 1 aliphatic heterocycles. The van der Waals surface area contributed by atoms with Gasteiger partial charge < -0.3 is 18.8 Å². The van der Waals surface area contributed by atoms with Crippen molar-refractivity contribution in [1.82, 2.24) is 4.57 Å². The van der Waals surface area contributed by atoms with Crippen LogP contribution in [0.1, 0.15) is 23.7 Å². The molecule has 0 atom stereocenters. The maximum Gasteiger partial charge on any atom is 0.307 e. The molecule has 0 aliphatic carbocycles. The lowest BCUT2D eigenvalue weighted by Crippen LogP contribution is -2.20. The summed E-state index contributed by atoms with van der Waals surface area (Å²) in [6, 6.07) is 10.4. The average molecular weight is 447 g/mol. The fourth-order valence-corrected chi connectivity index (χ4v) is 4.37. The summed E-state index contributed by atoms with van der Waals surface area (Å²) in [5.41, 5.74) is 1.20. The first kappa shape index (κ1) is 20.4. The topological polar surface area (TPSA) is 79.1 Å². The van der Waals surface area contributed by atoms with Crippen LogP contribution in [0.25, 0.3) is 10.2 Å². The Hall–Kier alpha value is -2.84. The molecule has 1 aliphatic rings. The molecular weight excluding hydrogens is 428 g/mol. The standard InChI is InChI=1S/C21H19ClN2O5S/c1-2-27-19(25)6-7-24-15-11-16-17(29-9-8-28-16)12-18(15)30-21(24)23-20(26)13-4-3-5-14(22)10-13/h3-5,10-12H,2,6-9H2,1H3. The minimum Gasteiger partial charge on any atom is -0.486 e. The first-order chi connectivity index (χ1) is 14.5. The van der Waals surface area contributed by atoms with Crippen LogP contribution in [-0.2, 0) is 16.1 Å². The summed E-state index contributed by atoms with van der Waals surface area (Å²) in [5.74, 6) is 0.560. The van der Waals surface area contributed by atoms with Gasteiger partial charge >= 0.3 is 5.97 Å². The summed E-state index contributed by atoms with van der Waals surface area (Å²) in [7, 11) is 0. The number of aryl methyl sites for hydroxylation is 1. The van der Waals surface area contributed by atoms with Crippen LogP contribution in [0.4, 0.5) is 0 Å². The van der Waals surface area contributed by atoms with E-state index in [1.807, 2.05) is 16.7 Å². The van der Waals surface area contributed by atoms with Gasteiger partial charge in [-0.15, -0.1) is 0 Å². The zero-order chi connectivity index (χ0) is 21.1. The quantitative estimate of drug-likeness (QED) is 0.556. The molecule has 0 unspecified atom stereocenters. The molecule has 4 rings (SSSR count). The number of nitrogens with zero attached hydrogens (tertiary/aromatic N) is 2. The normalized spacial score (nSPS) is 13.5. The van der Waals surface area contributed by atoms with Crippen molar-refractivity contribution in [3.8, 4) is 11.5 Å². The van der Waals surface area contributed by atoms with Crippen LogP contribution in [0.2, 0.25) is 5.02 Å². The van der Waals surface area contributed by atoms with E-state index in [1.54, 1.807) is 31.2 Å². The molecule has 3 aromatic rings. The van der Waals surface area contributed by atoms with Crippen LogP contribution >= 0.6 is 22.9 Å². The highest BCUT2D eigenvalue weighted by Crippen LogP contribution is 2.35. The number of hydrogen-bond donors (Lipinski definition) is 0. The zero-order valence-electron chi connectivity index (χ0n) is 16.2. The van der Waals surface area contributed by atoms with Gasteiger partial charge in [0.2, 0.25) is 0 Å². The van der Waals surface area contributed by atoms with Gasteiger partial charge in [-0.3, -0.25) is 9.59 Å². The van der Waals surface area contributed by atoms with Crippen LogP contribution in [0.3, 0.4) is 0 Å². The summed E-state index contributed by atoms with van der Waals surface area (Å²) < 4.78 is 19.1. The predicted octanol–water partition coefficient (Wildman–Crippen LogP) is 3.82. The Balaban J connectivity index is 1.79. The second-order valence-corrected chi connectivity index (χ2v) is 7.93. The molecule has 1 amide bonds. The number of fused-ring (bicyclic) bond motifs is 2. The Morgan fingerprint density at radius 1 is 1.20 bits per heavy atom. The van der Waals surface area contributed by atoms with Crippen molar-refractivity contribution in [2.75, 3.05) is 19.8 Å². The Morgan fingerprint density at radius 2 is 1.97 bits per heavy atom. The van der Waals surface area contributed by atoms with Gasteiger partial charge in [-0.2, -0.15) is 4.99 Å². The Bertz CT molecular complexity index is 1180. The molecule has 2 heterocycles. The van der Waals surface area contributed by atoms with E-state index in [0.717, 1.165) is 10.2 Å². The Labute approximate surface area is 181 Å². The maximum absolute atomic E-state index is 12.7. The number of ether oxygens (including phenoxy) is 3. The molecule has 1 aromatic heterocycles. The molecular formula is C21H19ClN2O5S. The highest BCUT2D eigenvalue weighted by Gasteiger charge is 2.18. The average Bonchev–Trinajstić information content (AvgIpc) is 3.06. The SMILES string of the molecule is CCOC(=O)CCn1c(=NC(=O)c2cccc(Cl)c2)sc2cc3c(cc21)OCCO3. The van der Waals surface area contributed by atoms with Crippen molar-refractivity contribution < 1.29 is 23.8 Å². The van der Waals surface area contributed by atoms with E-state index in [4.69, 9.17) is 25.8 Å². The third-order valence-electron chi connectivity index (χ3n) is 4.46. The lowest BCUT2D eigenvalue weighted by molar-refractivity contribution is -0.143. The monoisotopic (exact) mass is 446 g/mol. The molecule has 0 N–H and O–H groups in total. The lowest BCUT2D eigenvalue weighted by Gasteiger charge is -2.18. The van der Waals surface area contributed by atoms with Crippen molar-refractivity contribution in [2.24, 2.45) is 4.99 Å². The van der Waals surface area contributed by atoms with Gasteiger partial charge in [-0.25, -0.2) is 0 Å². The van der Waals surface area contributed by atoms with E-state index in [9.17, 15) is 9.59 Å². The summed E-state index contributed by atoms with van der Waals surface area (Å²) >= 11 is 7.34. The van der Waals surface area contributed by atoms with Crippen molar-refractivity contribution in [2.45, 2.75) is 19.9 Å². The lowest BCUT2D eigenvalue weighted by atomic mass is 10.2. The number of amides is 1.